The number of hydrogen-bond donors (Lipinski definition) is 3. The Balaban J connectivity index is 1.94. The Morgan fingerprint density at radius 2 is 2.17 bits per heavy atom. The van der Waals surface area contributed by atoms with Crippen LogP contribution < -0.4 is 16.0 Å². The maximum atomic E-state index is 11.6. The third-order valence-electron chi connectivity index (χ3n) is 2.75. The molecule has 0 aliphatic carbocycles. The molecule has 1 atom stereocenters. The summed E-state index contributed by atoms with van der Waals surface area (Å²) in [5.41, 5.74) is -0.913. The van der Waals surface area contributed by atoms with Crippen LogP contribution in [0.25, 0.3) is 0 Å². The first-order chi connectivity index (χ1) is 8.53. The molecule has 1 aromatic heterocycles. The molecule has 1 aliphatic heterocycles. The minimum Gasteiger partial charge on any atom is -0.408 e. The van der Waals surface area contributed by atoms with Crippen LogP contribution in [0.5, 0.6) is 0 Å². The fraction of sp³-hybridized carbons (Fsp3) is 0.600. The van der Waals surface area contributed by atoms with E-state index in [0.717, 1.165) is 0 Å². The molecule has 3 amide bonds. The van der Waals surface area contributed by atoms with E-state index >= 15 is 0 Å². The Morgan fingerprint density at radius 1 is 1.39 bits per heavy atom. The van der Waals surface area contributed by atoms with Crippen LogP contribution in [0.15, 0.2) is 4.42 Å². The molecule has 0 saturated carbocycles. The van der Waals surface area contributed by atoms with Crippen molar-refractivity contribution in [3.8, 4) is 0 Å². The summed E-state index contributed by atoms with van der Waals surface area (Å²) in [7, 11) is 0. The van der Waals surface area contributed by atoms with Crippen LogP contribution in [0.1, 0.15) is 26.2 Å². The van der Waals surface area contributed by atoms with Gasteiger partial charge in [0.15, 0.2) is 0 Å². The molecule has 2 heterocycles. The van der Waals surface area contributed by atoms with E-state index in [1.165, 1.54) is 0 Å². The van der Waals surface area contributed by atoms with Crippen LogP contribution in [0.4, 0.5) is 10.8 Å². The molecule has 1 aromatic rings. The zero-order valence-corrected chi connectivity index (χ0v) is 10.2. The van der Waals surface area contributed by atoms with E-state index in [2.05, 4.69) is 26.1 Å². The second-order valence-electron chi connectivity index (χ2n) is 4.27. The number of nitrogens with zero attached hydrogens (tertiary/aromatic N) is 2. The van der Waals surface area contributed by atoms with E-state index in [9.17, 15) is 9.59 Å². The van der Waals surface area contributed by atoms with Crippen molar-refractivity contribution in [2.45, 2.75) is 32.2 Å². The fourth-order valence-corrected chi connectivity index (χ4v) is 1.69. The highest BCUT2D eigenvalue weighted by atomic mass is 16.4. The maximum absolute atomic E-state index is 11.6. The molecule has 8 heteroatoms. The van der Waals surface area contributed by atoms with Crippen molar-refractivity contribution in [3.05, 3.63) is 5.89 Å². The summed E-state index contributed by atoms with van der Waals surface area (Å²) in [5.74, 6) is 0.0973. The van der Waals surface area contributed by atoms with E-state index in [1.54, 1.807) is 6.92 Å². The van der Waals surface area contributed by atoms with Gasteiger partial charge in [0.05, 0.1) is 0 Å². The zero-order valence-electron chi connectivity index (χ0n) is 10.2. The molecular weight excluding hydrogens is 238 g/mol. The Morgan fingerprint density at radius 3 is 2.78 bits per heavy atom. The van der Waals surface area contributed by atoms with Crippen molar-refractivity contribution in [1.82, 2.24) is 20.8 Å². The summed E-state index contributed by atoms with van der Waals surface area (Å²) in [6, 6.07) is -0.112. The molecule has 0 radical (unpaired) electrons. The minimum absolute atomic E-state index is 0.334. The first-order valence-electron chi connectivity index (χ1n) is 5.73. The number of carbonyl (C=O) groups excluding carboxylic acids is 2. The number of nitrogens with one attached hydrogen (secondary N) is 3. The van der Waals surface area contributed by atoms with Crippen molar-refractivity contribution < 1.29 is 14.0 Å². The Kier molecular flexibility index (Phi) is 3.17. The highest BCUT2D eigenvalue weighted by Gasteiger charge is 2.41. The van der Waals surface area contributed by atoms with Gasteiger partial charge in [-0.2, -0.15) is 0 Å². The van der Waals surface area contributed by atoms with E-state index in [4.69, 9.17) is 4.42 Å². The van der Waals surface area contributed by atoms with Crippen molar-refractivity contribution in [1.29, 1.82) is 0 Å². The molecule has 1 aliphatic rings. The molecule has 1 unspecified atom stereocenters. The molecule has 3 N–H and O–H groups in total. The van der Waals surface area contributed by atoms with E-state index in [0.29, 0.717) is 31.3 Å². The number of rotatable bonds is 5. The van der Waals surface area contributed by atoms with Crippen LogP contribution in [0.2, 0.25) is 0 Å². The van der Waals surface area contributed by atoms with Gasteiger partial charge in [0.1, 0.15) is 5.54 Å². The summed E-state index contributed by atoms with van der Waals surface area (Å²) in [5, 5.41) is 15.3. The van der Waals surface area contributed by atoms with Crippen molar-refractivity contribution >= 4 is 18.0 Å². The van der Waals surface area contributed by atoms with Crippen molar-refractivity contribution in [2.24, 2.45) is 0 Å². The molecule has 1 saturated heterocycles. The summed E-state index contributed by atoms with van der Waals surface area (Å²) in [6.45, 7) is 4.27. The smallest absolute Gasteiger partial charge is 0.322 e. The van der Waals surface area contributed by atoms with Gasteiger partial charge in [0.2, 0.25) is 5.89 Å². The van der Waals surface area contributed by atoms with Gasteiger partial charge in [-0.25, -0.2) is 4.79 Å². The molecule has 98 valence electrons. The van der Waals surface area contributed by atoms with Gasteiger partial charge in [-0.15, -0.1) is 5.10 Å². The summed E-state index contributed by atoms with van der Waals surface area (Å²) < 4.78 is 5.31. The standard InChI is InChI=1S/C10H15N5O3/c1-3-11-9-15-14-6(18-9)4-5-10(2)7(16)12-8(17)13-10/h3-5H2,1-2H3,(H,11,15)(H2,12,13,16,17). The predicted molar refractivity (Wildman–Crippen MR) is 61.9 cm³/mol. The average Bonchev–Trinajstić information content (AvgIpc) is 2.83. The minimum atomic E-state index is -0.913. The highest BCUT2D eigenvalue weighted by Crippen LogP contribution is 2.18. The number of aryl methyl sites for hydroxylation is 1. The summed E-state index contributed by atoms with van der Waals surface area (Å²) in [4.78, 5) is 22.6. The van der Waals surface area contributed by atoms with Gasteiger partial charge >= 0.3 is 12.0 Å². The van der Waals surface area contributed by atoms with Crippen LogP contribution in [-0.4, -0.2) is 34.2 Å². The van der Waals surface area contributed by atoms with Crippen molar-refractivity contribution in [3.63, 3.8) is 0 Å². The quantitative estimate of drug-likeness (QED) is 0.639. The zero-order chi connectivity index (χ0) is 13.2. The second-order valence-corrected chi connectivity index (χ2v) is 4.27. The van der Waals surface area contributed by atoms with Crippen molar-refractivity contribution in [2.75, 3.05) is 11.9 Å². The second kappa shape index (κ2) is 4.63. The normalized spacial score (nSPS) is 22.8. The Labute approximate surface area is 104 Å². The van der Waals surface area contributed by atoms with E-state index in [1.807, 2.05) is 6.92 Å². The summed E-state index contributed by atoms with van der Waals surface area (Å²) >= 11 is 0. The molecule has 0 spiro atoms. The first kappa shape index (κ1) is 12.3. The third-order valence-corrected chi connectivity index (χ3v) is 2.75. The molecule has 1 fully saturated rings. The molecule has 0 aromatic carbocycles. The van der Waals surface area contributed by atoms with Crippen LogP contribution >= 0.6 is 0 Å². The topological polar surface area (TPSA) is 109 Å². The molecule has 8 nitrogen and oxygen atoms in total. The maximum Gasteiger partial charge on any atom is 0.322 e. The largest absolute Gasteiger partial charge is 0.408 e. The number of aromatic nitrogens is 2. The van der Waals surface area contributed by atoms with Crippen LogP contribution in [0, 0.1) is 0 Å². The lowest BCUT2D eigenvalue weighted by Crippen LogP contribution is -2.44. The lowest BCUT2D eigenvalue weighted by molar-refractivity contribution is -0.123. The van der Waals surface area contributed by atoms with Gasteiger partial charge in [-0.05, 0) is 20.3 Å². The van der Waals surface area contributed by atoms with Gasteiger partial charge in [-0.1, -0.05) is 5.10 Å². The lowest BCUT2D eigenvalue weighted by Gasteiger charge is -2.18. The van der Waals surface area contributed by atoms with Gasteiger partial charge in [-0.3, -0.25) is 10.1 Å². The number of amides is 3. The number of imide groups is 1. The molecule has 2 rings (SSSR count). The van der Waals surface area contributed by atoms with E-state index < -0.39 is 11.6 Å². The van der Waals surface area contributed by atoms with Crippen LogP contribution in [0.3, 0.4) is 0 Å². The Hall–Kier alpha value is -2.12. The SMILES string of the molecule is CCNc1nnc(CCC2(C)NC(=O)NC2=O)o1. The predicted octanol–water partition coefficient (Wildman–Crippen LogP) is 0.0321. The monoisotopic (exact) mass is 253 g/mol. The number of anilines is 1. The molecule has 0 bridgehead atoms. The van der Waals surface area contributed by atoms with Crippen LogP contribution in [-0.2, 0) is 11.2 Å². The third kappa shape index (κ3) is 2.41. The van der Waals surface area contributed by atoms with Gasteiger partial charge < -0.3 is 15.1 Å². The first-order valence-corrected chi connectivity index (χ1v) is 5.73. The number of urea groups is 1. The lowest BCUT2D eigenvalue weighted by atomic mass is 9.96. The Bertz CT molecular complexity index is 472. The fourth-order valence-electron chi connectivity index (χ4n) is 1.69. The average molecular weight is 253 g/mol. The molecule has 18 heavy (non-hydrogen) atoms. The van der Waals surface area contributed by atoms with Gasteiger partial charge in [0.25, 0.3) is 5.91 Å². The van der Waals surface area contributed by atoms with Gasteiger partial charge in [0, 0.05) is 13.0 Å². The summed E-state index contributed by atoms with van der Waals surface area (Å²) in [6.07, 6.45) is 0.820. The number of hydrogen-bond acceptors (Lipinski definition) is 6. The number of carbonyl (C=O) groups is 2. The molecular formula is C10H15N5O3. The highest BCUT2D eigenvalue weighted by molar-refractivity contribution is 6.06. The van der Waals surface area contributed by atoms with E-state index in [-0.39, 0.29) is 5.91 Å².